The first-order valence-electron chi connectivity index (χ1n) is 5.84. The molecule has 1 aliphatic rings. The van der Waals surface area contributed by atoms with Gasteiger partial charge >= 0.3 is 7.05 Å². The molecule has 6 heteroatoms. The molecule has 0 saturated carbocycles. The van der Waals surface area contributed by atoms with Gasteiger partial charge in [0.25, 0.3) is 5.91 Å². The molecule has 2 aromatic rings. The lowest BCUT2D eigenvalue weighted by Gasteiger charge is -2.31. The van der Waals surface area contributed by atoms with Crippen molar-refractivity contribution in [2.45, 2.75) is 0 Å². The van der Waals surface area contributed by atoms with Gasteiger partial charge in [-0.1, -0.05) is 18.2 Å². The van der Waals surface area contributed by atoms with Crippen LogP contribution in [-0.2, 0) is 4.84 Å². The molecule has 0 unspecified atom stereocenters. The second-order valence-electron chi connectivity index (χ2n) is 4.07. The van der Waals surface area contributed by atoms with Crippen LogP contribution >= 0.6 is 0 Å². The van der Waals surface area contributed by atoms with E-state index >= 15 is 0 Å². The van der Waals surface area contributed by atoms with Crippen LogP contribution in [0, 0.1) is 0 Å². The van der Waals surface area contributed by atoms with Crippen molar-refractivity contribution in [2.75, 3.05) is 7.11 Å². The van der Waals surface area contributed by atoms with Crippen LogP contribution in [0.3, 0.4) is 0 Å². The van der Waals surface area contributed by atoms with Crippen LogP contribution in [0.4, 0.5) is 0 Å². The molecule has 0 atom stereocenters. The van der Waals surface area contributed by atoms with E-state index in [1.54, 1.807) is 36.7 Å². The molecule has 0 radical (unpaired) electrons. The van der Waals surface area contributed by atoms with Crippen molar-refractivity contribution in [3.05, 3.63) is 54.4 Å². The van der Waals surface area contributed by atoms with Gasteiger partial charge in [0.15, 0.2) is 0 Å². The average Bonchev–Trinajstić information content (AvgIpc) is 2.48. The van der Waals surface area contributed by atoms with Gasteiger partial charge in [-0.2, -0.15) is 0 Å². The number of fused-ring (bicyclic) bond motifs is 1. The van der Waals surface area contributed by atoms with Crippen LogP contribution in [0.25, 0.3) is 0 Å². The summed E-state index contributed by atoms with van der Waals surface area (Å²) in [6.45, 7) is 0. The fraction of sp³-hybridized carbons (Fsp3) is 0.0769. The predicted molar refractivity (Wildman–Crippen MR) is 69.9 cm³/mol. The summed E-state index contributed by atoms with van der Waals surface area (Å²) in [5.41, 5.74) is 1.25. The van der Waals surface area contributed by atoms with Gasteiger partial charge in [0, 0.05) is 17.9 Å². The molecule has 2 heterocycles. The van der Waals surface area contributed by atoms with Crippen LogP contribution in [0.5, 0.6) is 5.75 Å². The maximum atomic E-state index is 12.3. The van der Waals surface area contributed by atoms with Crippen molar-refractivity contribution in [3.63, 3.8) is 0 Å². The maximum absolute atomic E-state index is 12.3. The van der Waals surface area contributed by atoms with Crippen LogP contribution < -0.4 is 10.1 Å². The molecule has 1 aromatic carbocycles. The third kappa shape index (κ3) is 1.96. The van der Waals surface area contributed by atoms with Gasteiger partial charge in [0.05, 0.1) is 12.7 Å². The number of hydrogen-bond acceptors (Lipinski definition) is 4. The fourth-order valence-corrected chi connectivity index (χ4v) is 2.04. The first-order valence-corrected chi connectivity index (χ1v) is 5.84. The summed E-state index contributed by atoms with van der Waals surface area (Å²) in [5, 5.41) is 0. The smallest absolute Gasteiger partial charge is 0.536 e. The van der Waals surface area contributed by atoms with E-state index in [2.05, 4.69) is 4.98 Å². The number of hydroxylamine groups is 1. The average molecular weight is 254 g/mol. The summed E-state index contributed by atoms with van der Waals surface area (Å²) in [5.74, 6) is 0.327. The Morgan fingerprint density at radius 2 is 2.11 bits per heavy atom. The highest BCUT2D eigenvalue weighted by Crippen LogP contribution is 2.25. The molecule has 0 saturated heterocycles. The Labute approximate surface area is 110 Å². The van der Waals surface area contributed by atoms with Crippen molar-refractivity contribution in [3.8, 4) is 5.75 Å². The van der Waals surface area contributed by atoms with Crippen molar-refractivity contribution in [1.29, 1.82) is 0 Å². The van der Waals surface area contributed by atoms with Gasteiger partial charge in [-0.15, -0.1) is 0 Å². The zero-order valence-corrected chi connectivity index (χ0v) is 10.3. The molecule has 0 N–H and O–H groups in total. The lowest BCUT2D eigenvalue weighted by molar-refractivity contribution is -0.0436. The fourth-order valence-electron chi connectivity index (χ4n) is 2.04. The SMILES string of the molecule is CON1B(c2cccnc2)Oc2ccccc2C1=O. The van der Waals surface area contributed by atoms with E-state index in [1.165, 1.54) is 12.1 Å². The second kappa shape index (κ2) is 4.74. The van der Waals surface area contributed by atoms with E-state index in [9.17, 15) is 4.79 Å². The lowest BCUT2D eigenvalue weighted by atomic mass is 9.72. The van der Waals surface area contributed by atoms with Gasteiger partial charge in [0.1, 0.15) is 5.75 Å². The zero-order valence-electron chi connectivity index (χ0n) is 10.3. The van der Waals surface area contributed by atoms with Crippen molar-refractivity contribution >= 4 is 18.4 Å². The van der Waals surface area contributed by atoms with E-state index in [0.29, 0.717) is 11.3 Å². The first-order chi connectivity index (χ1) is 9.31. The summed E-state index contributed by atoms with van der Waals surface area (Å²) < 4.78 is 5.83. The Hall–Kier alpha value is -2.34. The number of carbonyl (C=O) groups excluding carboxylic acids is 1. The Kier molecular flexibility index (Phi) is 2.93. The number of benzene rings is 1. The molecule has 0 spiro atoms. The summed E-state index contributed by atoms with van der Waals surface area (Å²) in [4.78, 5) is 22.7. The molecule has 3 rings (SSSR count). The van der Waals surface area contributed by atoms with E-state index in [0.717, 1.165) is 5.46 Å². The number of carbonyl (C=O) groups is 1. The number of pyridine rings is 1. The Morgan fingerprint density at radius 3 is 2.84 bits per heavy atom. The molecule has 0 aliphatic carbocycles. The summed E-state index contributed by atoms with van der Waals surface area (Å²) in [7, 11) is 0.819. The second-order valence-corrected chi connectivity index (χ2v) is 4.07. The number of rotatable bonds is 2. The zero-order chi connectivity index (χ0) is 13.2. The third-order valence-corrected chi connectivity index (χ3v) is 2.94. The molecular weight excluding hydrogens is 243 g/mol. The van der Waals surface area contributed by atoms with E-state index in [4.69, 9.17) is 9.49 Å². The highest BCUT2D eigenvalue weighted by molar-refractivity contribution is 6.68. The minimum absolute atomic E-state index is 0.224. The van der Waals surface area contributed by atoms with Gasteiger partial charge in [0.2, 0.25) is 0 Å². The Balaban J connectivity index is 2.05. The molecule has 94 valence electrons. The van der Waals surface area contributed by atoms with Crippen molar-refractivity contribution in [2.24, 2.45) is 0 Å². The molecule has 0 fully saturated rings. The monoisotopic (exact) mass is 254 g/mol. The van der Waals surface area contributed by atoms with Crippen LogP contribution in [0.15, 0.2) is 48.8 Å². The van der Waals surface area contributed by atoms with E-state index in [-0.39, 0.29) is 5.91 Å². The molecule has 5 nitrogen and oxygen atoms in total. The van der Waals surface area contributed by atoms with Gasteiger partial charge in [-0.25, -0.2) is 4.97 Å². The Morgan fingerprint density at radius 1 is 1.26 bits per heavy atom. The number of nitrogens with zero attached hydrogens (tertiary/aromatic N) is 2. The number of amides is 1. The minimum Gasteiger partial charge on any atom is -0.536 e. The quantitative estimate of drug-likeness (QED) is 0.746. The van der Waals surface area contributed by atoms with Crippen LogP contribution in [0.1, 0.15) is 10.4 Å². The summed E-state index contributed by atoms with van der Waals surface area (Å²) >= 11 is 0. The first kappa shape index (κ1) is 11.7. The van der Waals surface area contributed by atoms with Crippen molar-refractivity contribution in [1.82, 2.24) is 9.96 Å². The van der Waals surface area contributed by atoms with Gasteiger partial charge in [-0.3, -0.25) is 14.6 Å². The topological polar surface area (TPSA) is 51.7 Å². The van der Waals surface area contributed by atoms with Crippen molar-refractivity contribution < 1.29 is 14.3 Å². The highest BCUT2D eigenvalue weighted by Gasteiger charge is 2.41. The normalized spacial score (nSPS) is 14.1. The number of hydrogen-bond donors (Lipinski definition) is 0. The van der Waals surface area contributed by atoms with E-state index in [1.807, 2.05) is 12.1 Å². The van der Waals surface area contributed by atoms with Crippen LogP contribution in [-0.4, -0.2) is 30.0 Å². The largest absolute Gasteiger partial charge is 0.549 e. The number of para-hydroxylation sites is 1. The predicted octanol–water partition coefficient (Wildman–Crippen LogP) is 0.873. The molecule has 1 amide bonds. The summed E-state index contributed by atoms with van der Waals surface area (Å²) in [6.07, 6.45) is 3.32. The maximum Gasteiger partial charge on any atom is 0.549 e. The molecular formula is C13H11BN2O3. The lowest BCUT2D eigenvalue weighted by Crippen LogP contribution is -2.57. The highest BCUT2D eigenvalue weighted by atomic mass is 16.7. The van der Waals surface area contributed by atoms with Crippen LogP contribution in [0.2, 0.25) is 0 Å². The number of aromatic nitrogens is 1. The standard InChI is InChI=1S/C13H11BN2O3/c1-18-16-13(17)11-6-2-3-7-12(11)19-14(16)10-5-4-8-15-9-10/h2-9H,1H3. The summed E-state index contributed by atoms with van der Waals surface area (Å²) in [6, 6.07) is 10.7. The molecule has 1 aliphatic heterocycles. The van der Waals surface area contributed by atoms with E-state index < -0.39 is 7.05 Å². The molecule has 0 bridgehead atoms. The Bertz CT molecular complexity index is 606. The van der Waals surface area contributed by atoms with Gasteiger partial charge < -0.3 is 4.65 Å². The minimum atomic E-state index is -0.624. The van der Waals surface area contributed by atoms with Gasteiger partial charge in [-0.05, 0) is 18.2 Å². The third-order valence-electron chi connectivity index (χ3n) is 2.94. The molecule has 1 aromatic heterocycles. The molecule has 19 heavy (non-hydrogen) atoms.